The minimum Gasteiger partial charge on any atom is -0.399 e. The van der Waals surface area contributed by atoms with Gasteiger partial charge in [0.1, 0.15) is 0 Å². The van der Waals surface area contributed by atoms with Crippen molar-refractivity contribution in [3.05, 3.63) is 23.8 Å². The third-order valence-corrected chi connectivity index (χ3v) is 4.99. The second-order valence-corrected chi connectivity index (χ2v) is 7.00. The topological polar surface area (TPSA) is 21.7 Å². The summed E-state index contributed by atoms with van der Waals surface area (Å²) in [6.07, 6.45) is 2.41. The van der Waals surface area contributed by atoms with Gasteiger partial charge in [0, 0.05) is 19.3 Å². The first-order valence-corrected chi connectivity index (χ1v) is 7.50. The first-order chi connectivity index (χ1) is 9.30. The van der Waals surface area contributed by atoms with Crippen molar-refractivity contribution >= 4 is 18.3 Å². The molecule has 0 spiro atoms. The van der Waals surface area contributed by atoms with E-state index in [4.69, 9.17) is 9.31 Å². The summed E-state index contributed by atoms with van der Waals surface area (Å²) >= 11 is 0. The molecule has 1 saturated heterocycles. The monoisotopic (exact) mass is 273 g/mol. The third kappa shape index (κ3) is 2.15. The van der Waals surface area contributed by atoms with Gasteiger partial charge in [0.15, 0.2) is 0 Å². The molecule has 0 aliphatic carbocycles. The smallest absolute Gasteiger partial charge is 0.399 e. The lowest BCUT2D eigenvalue weighted by Crippen LogP contribution is -2.41. The van der Waals surface area contributed by atoms with Crippen molar-refractivity contribution in [3.8, 4) is 0 Å². The van der Waals surface area contributed by atoms with Crippen LogP contribution in [-0.2, 0) is 15.7 Å². The molecule has 2 aliphatic rings. The van der Waals surface area contributed by atoms with Gasteiger partial charge in [-0.1, -0.05) is 12.1 Å². The van der Waals surface area contributed by atoms with Gasteiger partial charge in [0.25, 0.3) is 0 Å². The number of benzene rings is 1. The molecular formula is C16H24BNO2. The van der Waals surface area contributed by atoms with Gasteiger partial charge in [-0.15, -0.1) is 0 Å². The largest absolute Gasteiger partial charge is 0.494 e. The number of aryl methyl sites for hydroxylation is 1. The van der Waals surface area contributed by atoms with Crippen LogP contribution in [-0.4, -0.2) is 31.9 Å². The van der Waals surface area contributed by atoms with Gasteiger partial charge < -0.3 is 14.2 Å². The van der Waals surface area contributed by atoms with Crippen molar-refractivity contribution in [2.24, 2.45) is 0 Å². The SMILES string of the molecule is CN1CCCc2ccc(B3OC(C)(C)C(C)(C)O3)cc21. The highest BCUT2D eigenvalue weighted by molar-refractivity contribution is 6.62. The standard InChI is InChI=1S/C16H24BNO2/c1-15(2)16(3,4)20-17(19-15)13-9-8-12-7-6-10-18(5)14(12)11-13/h8-9,11H,6-7,10H2,1-5H3. The second-order valence-electron chi connectivity index (χ2n) is 7.00. The van der Waals surface area contributed by atoms with E-state index < -0.39 is 0 Å². The van der Waals surface area contributed by atoms with Gasteiger partial charge in [-0.3, -0.25) is 0 Å². The second kappa shape index (κ2) is 4.50. The fourth-order valence-electron chi connectivity index (χ4n) is 2.90. The maximum absolute atomic E-state index is 6.14. The molecule has 1 aromatic carbocycles. The molecule has 2 heterocycles. The molecule has 0 radical (unpaired) electrons. The van der Waals surface area contributed by atoms with E-state index >= 15 is 0 Å². The highest BCUT2D eigenvalue weighted by Gasteiger charge is 2.51. The quantitative estimate of drug-likeness (QED) is 0.733. The zero-order valence-electron chi connectivity index (χ0n) is 13.2. The Morgan fingerprint density at radius 1 is 1.10 bits per heavy atom. The molecule has 3 nitrogen and oxygen atoms in total. The van der Waals surface area contributed by atoms with Gasteiger partial charge in [0.2, 0.25) is 0 Å². The van der Waals surface area contributed by atoms with Gasteiger partial charge in [-0.05, 0) is 57.6 Å². The Balaban J connectivity index is 1.91. The van der Waals surface area contributed by atoms with Crippen LogP contribution in [0.4, 0.5) is 5.69 Å². The maximum Gasteiger partial charge on any atom is 0.494 e. The lowest BCUT2D eigenvalue weighted by molar-refractivity contribution is 0.00578. The third-order valence-electron chi connectivity index (χ3n) is 4.99. The van der Waals surface area contributed by atoms with E-state index in [9.17, 15) is 0 Å². The summed E-state index contributed by atoms with van der Waals surface area (Å²) in [5.74, 6) is 0. The molecular weight excluding hydrogens is 249 g/mol. The Labute approximate surface area is 122 Å². The summed E-state index contributed by atoms with van der Waals surface area (Å²) < 4.78 is 12.3. The lowest BCUT2D eigenvalue weighted by atomic mass is 9.78. The predicted molar refractivity (Wildman–Crippen MR) is 83.7 cm³/mol. The van der Waals surface area contributed by atoms with E-state index in [1.165, 1.54) is 24.1 Å². The summed E-state index contributed by atoms with van der Waals surface area (Å²) in [6, 6.07) is 6.61. The zero-order valence-corrected chi connectivity index (χ0v) is 13.2. The van der Waals surface area contributed by atoms with Crippen molar-refractivity contribution in [3.63, 3.8) is 0 Å². The first kappa shape index (κ1) is 14.0. The molecule has 1 aromatic rings. The number of fused-ring (bicyclic) bond motifs is 1. The van der Waals surface area contributed by atoms with Crippen LogP contribution in [0.3, 0.4) is 0 Å². The number of rotatable bonds is 1. The van der Waals surface area contributed by atoms with Crippen molar-refractivity contribution in [2.45, 2.75) is 51.7 Å². The van der Waals surface area contributed by atoms with Crippen LogP contribution in [0.2, 0.25) is 0 Å². The normalized spacial score (nSPS) is 23.9. The van der Waals surface area contributed by atoms with Gasteiger partial charge in [-0.25, -0.2) is 0 Å². The van der Waals surface area contributed by atoms with Crippen LogP contribution >= 0.6 is 0 Å². The van der Waals surface area contributed by atoms with E-state index in [0.29, 0.717) is 0 Å². The summed E-state index contributed by atoms with van der Waals surface area (Å²) in [5, 5.41) is 0. The molecule has 20 heavy (non-hydrogen) atoms. The highest BCUT2D eigenvalue weighted by Crippen LogP contribution is 2.37. The average molecular weight is 273 g/mol. The molecule has 0 unspecified atom stereocenters. The fraction of sp³-hybridized carbons (Fsp3) is 0.625. The molecule has 0 amide bonds. The molecule has 4 heteroatoms. The summed E-state index contributed by atoms with van der Waals surface area (Å²) in [6.45, 7) is 9.50. The van der Waals surface area contributed by atoms with E-state index in [1.54, 1.807) is 0 Å². The minimum atomic E-state index is -0.278. The van der Waals surface area contributed by atoms with Crippen LogP contribution in [0.5, 0.6) is 0 Å². The van der Waals surface area contributed by atoms with Crippen molar-refractivity contribution in [1.82, 2.24) is 0 Å². The molecule has 0 atom stereocenters. The van der Waals surface area contributed by atoms with E-state index in [-0.39, 0.29) is 18.3 Å². The van der Waals surface area contributed by atoms with Crippen LogP contribution in [0.25, 0.3) is 0 Å². The Kier molecular flexibility index (Phi) is 3.14. The molecule has 0 saturated carbocycles. The molecule has 0 aromatic heterocycles. The molecule has 0 N–H and O–H groups in total. The number of nitrogens with zero attached hydrogens (tertiary/aromatic N) is 1. The van der Waals surface area contributed by atoms with Gasteiger partial charge >= 0.3 is 7.12 Å². The number of hydrogen-bond donors (Lipinski definition) is 0. The molecule has 3 rings (SSSR count). The minimum absolute atomic E-state index is 0.263. The van der Waals surface area contributed by atoms with Gasteiger partial charge in [-0.2, -0.15) is 0 Å². The van der Waals surface area contributed by atoms with Crippen LogP contribution in [0.1, 0.15) is 39.7 Å². The molecule has 1 fully saturated rings. The maximum atomic E-state index is 6.14. The number of hydrogen-bond acceptors (Lipinski definition) is 3. The Bertz CT molecular complexity index is 511. The summed E-state index contributed by atoms with van der Waals surface area (Å²) in [5.41, 5.74) is 3.32. The highest BCUT2D eigenvalue weighted by atomic mass is 16.7. The predicted octanol–water partition coefficient (Wildman–Crippen LogP) is 2.37. The average Bonchev–Trinajstić information content (AvgIpc) is 2.59. The zero-order chi connectivity index (χ0) is 14.5. The van der Waals surface area contributed by atoms with Crippen molar-refractivity contribution in [1.29, 1.82) is 0 Å². The van der Waals surface area contributed by atoms with Crippen molar-refractivity contribution < 1.29 is 9.31 Å². The molecule has 0 bridgehead atoms. The van der Waals surface area contributed by atoms with Gasteiger partial charge in [0.05, 0.1) is 11.2 Å². The van der Waals surface area contributed by atoms with Crippen LogP contribution in [0.15, 0.2) is 18.2 Å². The van der Waals surface area contributed by atoms with E-state index in [1.807, 2.05) is 0 Å². The Morgan fingerprint density at radius 2 is 1.75 bits per heavy atom. The fourth-order valence-corrected chi connectivity index (χ4v) is 2.90. The van der Waals surface area contributed by atoms with E-state index in [0.717, 1.165) is 12.0 Å². The van der Waals surface area contributed by atoms with Crippen LogP contribution in [0, 0.1) is 0 Å². The molecule has 2 aliphatic heterocycles. The van der Waals surface area contributed by atoms with Crippen molar-refractivity contribution in [2.75, 3.05) is 18.5 Å². The summed E-state index contributed by atoms with van der Waals surface area (Å²) in [4.78, 5) is 2.33. The van der Waals surface area contributed by atoms with Crippen LogP contribution < -0.4 is 10.4 Å². The first-order valence-electron chi connectivity index (χ1n) is 7.50. The Hall–Kier alpha value is -0.995. The Morgan fingerprint density at radius 3 is 2.40 bits per heavy atom. The number of anilines is 1. The summed E-state index contributed by atoms with van der Waals surface area (Å²) in [7, 11) is 1.90. The molecule has 108 valence electrons. The lowest BCUT2D eigenvalue weighted by Gasteiger charge is -2.32. The van der Waals surface area contributed by atoms with E-state index in [2.05, 4.69) is 57.8 Å².